The first-order chi connectivity index (χ1) is 16.9. The number of aliphatic hydroxyl groups is 2. The van der Waals surface area contributed by atoms with Gasteiger partial charge >= 0.3 is 50.2 Å². The fraction of sp³-hybridized carbons (Fsp3) is 0.417. The molecule has 2 atom stereocenters. The van der Waals surface area contributed by atoms with E-state index in [0.717, 1.165) is 13.8 Å². The van der Waals surface area contributed by atoms with Crippen LogP contribution in [0.2, 0.25) is 0 Å². The molecule has 4 nitrogen and oxygen atoms in total. The number of benzene rings is 2. The second-order valence-electron chi connectivity index (χ2n) is 8.33. The fourth-order valence-electron chi connectivity index (χ4n) is 2.72. The first kappa shape index (κ1) is 42.1. The number of halogens is 10. The molecule has 0 heterocycles. The molecule has 0 aromatic heterocycles. The van der Waals surface area contributed by atoms with Gasteiger partial charge in [0.15, 0.2) is 11.2 Å². The zero-order valence-electron chi connectivity index (χ0n) is 21.3. The van der Waals surface area contributed by atoms with E-state index in [0.29, 0.717) is 11.4 Å². The Hall–Kier alpha value is -1.40. The fourth-order valence-corrected chi connectivity index (χ4v) is 2.72. The van der Waals surface area contributed by atoms with Crippen molar-refractivity contribution in [2.45, 2.75) is 64.1 Å². The summed E-state index contributed by atoms with van der Waals surface area (Å²) < 4.78 is 74.6. The van der Waals surface area contributed by atoms with E-state index in [1.807, 2.05) is 0 Å². The number of nitrogens with zero attached hydrogens (tertiary/aromatic N) is 2. The van der Waals surface area contributed by atoms with Gasteiger partial charge in [0.2, 0.25) is 0 Å². The van der Waals surface area contributed by atoms with Gasteiger partial charge in [-0.1, -0.05) is 36.4 Å². The van der Waals surface area contributed by atoms with Gasteiger partial charge in [0.1, 0.15) is 0 Å². The van der Waals surface area contributed by atoms with Gasteiger partial charge in [-0.05, 0) is 52.0 Å². The summed E-state index contributed by atoms with van der Waals surface area (Å²) in [4.78, 5) is 8.03. The number of rotatable bonds is 6. The van der Waals surface area contributed by atoms with Gasteiger partial charge in [-0.3, -0.25) is 19.4 Å². The first-order valence-corrected chi connectivity index (χ1v) is 16.9. The van der Waals surface area contributed by atoms with Crippen LogP contribution < -0.4 is 0 Å². The Bertz CT molecular complexity index is 910. The van der Waals surface area contributed by atoms with Crippen molar-refractivity contribution >= 4 is 39.8 Å². The van der Waals surface area contributed by atoms with Crippen LogP contribution in [0.4, 0.5) is 47.1 Å². The Balaban J connectivity index is -0.000000576. The van der Waals surface area contributed by atoms with Crippen molar-refractivity contribution in [2.75, 3.05) is 0 Å². The molecule has 0 spiro atoms. The summed E-state index contributed by atoms with van der Waals surface area (Å²) in [6.07, 6.45) is -10.4. The number of hydrogen-bond donors (Lipinski definition) is 2. The van der Waals surface area contributed by atoms with E-state index in [9.17, 15) is 36.6 Å². The van der Waals surface area contributed by atoms with Crippen LogP contribution in [0.15, 0.2) is 70.6 Å². The van der Waals surface area contributed by atoms with Crippen LogP contribution in [0, 0.1) is 0 Å². The van der Waals surface area contributed by atoms with E-state index in [2.05, 4.69) is 9.98 Å². The summed E-state index contributed by atoms with van der Waals surface area (Å²) in [7, 11) is 9.87. The molecule has 0 amide bonds. The average Bonchev–Trinajstić information content (AvgIpc) is 2.73. The first-order valence-electron chi connectivity index (χ1n) is 10.6. The van der Waals surface area contributed by atoms with Crippen molar-refractivity contribution in [1.29, 1.82) is 0 Å². The molecule has 0 saturated heterocycles. The van der Waals surface area contributed by atoms with E-state index in [1.54, 1.807) is 60.7 Å². The zero-order chi connectivity index (χ0) is 28.9. The molecular weight excluding hydrogens is 662 g/mol. The van der Waals surface area contributed by atoms with Crippen LogP contribution in [-0.4, -0.2) is 45.2 Å². The third-order valence-corrected chi connectivity index (χ3v) is 4.57. The average molecular weight is 693 g/mol. The predicted octanol–water partition coefficient (Wildman–Crippen LogP) is 8.65. The molecule has 0 bridgehead atoms. The van der Waals surface area contributed by atoms with Gasteiger partial charge in [-0.2, -0.15) is 26.3 Å². The van der Waals surface area contributed by atoms with E-state index in [4.69, 9.17) is 17.0 Å². The van der Waals surface area contributed by atoms with Gasteiger partial charge in [-0.15, -0.1) is 0 Å². The Morgan fingerprint density at radius 1 is 0.667 bits per heavy atom. The minimum atomic E-state index is -4.65. The zero-order valence-corrected chi connectivity index (χ0v) is 25.3. The van der Waals surface area contributed by atoms with E-state index in [-0.39, 0.29) is 20.8 Å². The number of alkyl halides is 6. The SMILES string of the molecule is CC(CC(C)(O)C(F)(F)F)=Nc1ccccc1.CC(CC(C)(O)C(F)(F)F)=Nc1ccccc1.F.F.[Cl][Zr][Cl]. The predicted molar refractivity (Wildman–Crippen MR) is 138 cm³/mol. The Kier molecular flexibility index (Phi) is 20.3. The molecule has 2 aromatic rings. The van der Waals surface area contributed by atoms with E-state index >= 15 is 0 Å². The van der Waals surface area contributed by atoms with Crippen molar-refractivity contribution in [2.24, 2.45) is 9.98 Å². The molecule has 0 aliphatic heterocycles. The maximum absolute atomic E-state index is 12.4. The summed E-state index contributed by atoms with van der Waals surface area (Å²) >= 11 is -0.826. The standard InChI is InChI=1S/2C12H14F3NO.2ClH.2FH.Zr/c2*1-9(8-11(2,17)12(13,14)15)16-10-6-4-3-5-7-10;;;;;/h2*3-7,17H,8H2,1-2H3;4*1H;/q;;;;;;+2/p-2. The van der Waals surface area contributed by atoms with Gasteiger partial charge in [-0.25, -0.2) is 0 Å². The molecule has 39 heavy (non-hydrogen) atoms. The third-order valence-electron chi connectivity index (χ3n) is 4.57. The van der Waals surface area contributed by atoms with Crippen LogP contribution in [0.3, 0.4) is 0 Å². The van der Waals surface area contributed by atoms with Gasteiger partial charge in [0.25, 0.3) is 0 Å². The van der Waals surface area contributed by atoms with Crippen LogP contribution in [0.1, 0.15) is 40.5 Å². The van der Waals surface area contributed by atoms with Crippen molar-refractivity contribution in [3.05, 3.63) is 60.7 Å². The van der Waals surface area contributed by atoms with Crippen LogP contribution >= 0.6 is 17.0 Å². The second kappa shape index (κ2) is 18.9. The Morgan fingerprint density at radius 2 is 0.897 bits per heavy atom. The van der Waals surface area contributed by atoms with Crippen LogP contribution in [0.25, 0.3) is 0 Å². The maximum atomic E-state index is 12.4. The summed E-state index contributed by atoms with van der Waals surface area (Å²) in [5, 5.41) is 18.6. The molecule has 0 saturated carbocycles. The van der Waals surface area contributed by atoms with E-state index < -0.39 is 57.2 Å². The quantitative estimate of drug-likeness (QED) is 0.235. The minimum absolute atomic E-state index is 0. The van der Waals surface area contributed by atoms with Crippen molar-refractivity contribution in [3.63, 3.8) is 0 Å². The van der Waals surface area contributed by atoms with Gasteiger partial charge in [0, 0.05) is 24.3 Å². The summed E-state index contributed by atoms with van der Waals surface area (Å²) in [5.41, 5.74) is -3.87. The van der Waals surface area contributed by atoms with Gasteiger partial charge < -0.3 is 10.2 Å². The molecule has 2 rings (SSSR count). The molecule has 222 valence electrons. The number of hydrogen-bond acceptors (Lipinski definition) is 4. The molecule has 2 aromatic carbocycles. The molecule has 0 fully saturated rings. The molecule has 2 N–H and O–H groups in total. The Labute approximate surface area is 240 Å². The van der Waals surface area contributed by atoms with Gasteiger partial charge in [0.05, 0.1) is 11.4 Å². The third kappa shape index (κ3) is 17.1. The molecule has 2 unspecified atom stereocenters. The monoisotopic (exact) mass is 690 g/mol. The number of para-hydroxylation sites is 2. The summed E-state index contributed by atoms with van der Waals surface area (Å²) in [5.74, 6) is 0. The van der Waals surface area contributed by atoms with E-state index in [1.165, 1.54) is 13.8 Å². The molecule has 0 radical (unpaired) electrons. The van der Waals surface area contributed by atoms with Crippen molar-refractivity contribution < 1.29 is 66.8 Å². The Morgan fingerprint density at radius 3 is 1.10 bits per heavy atom. The summed E-state index contributed by atoms with van der Waals surface area (Å²) in [6, 6.07) is 17.3. The second-order valence-corrected chi connectivity index (χ2v) is 12.1. The molecular formula is C24H30Cl2F8N2O2Zr. The summed E-state index contributed by atoms with van der Waals surface area (Å²) in [6.45, 7) is 4.43. The molecule has 0 aliphatic rings. The molecule has 15 heteroatoms. The number of aliphatic imine (C=N–C) groups is 2. The van der Waals surface area contributed by atoms with Crippen LogP contribution in [-0.2, 0) is 20.8 Å². The van der Waals surface area contributed by atoms with Crippen LogP contribution in [0.5, 0.6) is 0 Å². The van der Waals surface area contributed by atoms with Crippen molar-refractivity contribution in [1.82, 2.24) is 0 Å². The normalized spacial score (nSPS) is 14.9. The van der Waals surface area contributed by atoms with Crippen molar-refractivity contribution in [3.8, 4) is 0 Å². The topological polar surface area (TPSA) is 65.2 Å². The molecule has 0 aliphatic carbocycles.